The molecular formula is C14H19NO. The van der Waals surface area contributed by atoms with E-state index in [1.807, 2.05) is 26.0 Å². The molecule has 0 aliphatic heterocycles. The summed E-state index contributed by atoms with van der Waals surface area (Å²) in [5, 5.41) is 8.87. The molecule has 0 bridgehead atoms. The molecule has 2 heteroatoms. The van der Waals surface area contributed by atoms with Crippen LogP contribution in [-0.4, -0.2) is 6.61 Å². The van der Waals surface area contributed by atoms with Gasteiger partial charge in [-0.15, -0.1) is 0 Å². The second kappa shape index (κ2) is 5.03. The Morgan fingerprint density at radius 3 is 2.50 bits per heavy atom. The maximum Gasteiger partial charge on any atom is 0.119 e. The molecule has 0 aliphatic rings. The van der Waals surface area contributed by atoms with Crippen LogP contribution in [0.15, 0.2) is 18.2 Å². The summed E-state index contributed by atoms with van der Waals surface area (Å²) in [6, 6.07) is 8.33. The van der Waals surface area contributed by atoms with Gasteiger partial charge in [-0.2, -0.15) is 5.26 Å². The van der Waals surface area contributed by atoms with E-state index in [4.69, 9.17) is 10.00 Å². The van der Waals surface area contributed by atoms with Gasteiger partial charge in [0.2, 0.25) is 0 Å². The summed E-state index contributed by atoms with van der Waals surface area (Å²) in [7, 11) is 0. The minimum atomic E-state index is -0.306. The first kappa shape index (κ1) is 12.6. The van der Waals surface area contributed by atoms with E-state index in [1.165, 1.54) is 11.1 Å². The topological polar surface area (TPSA) is 33.0 Å². The SMILES string of the molecule is Cc1ccc(OCCC(C)(C)C#N)cc1C. The number of hydrogen-bond acceptors (Lipinski definition) is 2. The molecule has 0 N–H and O–H groups in total. The Labute approximate surface area is 97.9 Å². The Morgan fingerprint density at radius 1 is 1.25 bits per heavy atom. The van der Waals surface area contributed by atoms with Crippen LogP contribution in [-0.2, 0) is 0 Å². The molecule has 0 radical (unpaired) electrons. The fraction of sp³-hybridized carbons (Fsp3) is 0.500. The average molecular weight is 217 g/mol. The van der Waals surface area contributed by atoms with Crippen molar-refractivity contribution < 1.29 is 4.74 Å². The van der Waals surface area contributed by atoms with E-state index in [9.17, 15) is 0 Å². The normalized spacial score (nSPS) is 10.9. The van der Waals surface area contributed by atoms with Crippen molar-refractivity contribution in [3.05, 3.63) is 29.3 Å². The molecule has 16 heavy (non-hydrogen) atoms. The van der Waals surface area contributed by atoms with Crippen LogP contribution in [0.1, 0.15) is 31.4 Å². The molecule has 86 valence electrons. The highest BCUT2D eigenvalue weighted by atomic mass is 16.5. The van der Waals surface area contributed by atoms with Gasteiger partial charge in [-0.1, -0.05) is 6.07 Å². The summed E-state index contributed by atoms with van der Waals surface area (Å²) < 4.78 is 5.63. The van der Waals surface area contributed by atoms with Crippen molar-refractivity contribution in [2.75, 3.05) is 6.61 Å². The molecule has 2 nitrogen and oxygen atoms in total. The van der Waals surface area contributed by atoms with Crippen LogP contribution in [0, 0.1) is 30.6 Å². The third-order valence-corrected chi connectivity index (χ3v) is 2.78. The monoisotopic (exact) mass is 217 g/mol. The van der Waals surface area contributed by atoms with E-state index in [1.54, 1.807) is 0 Å². The van der Waals surface area contributed by atoms with Crippen LogP contribution in [0.5, 0.6) is 5.75 Å². The van der Waals surface area contributed by atoms with Crippen molar-refractivity contribution in [3.8, 4) is 11.8 Å². The van der Waals surface area contributed by atoms with E-state index in [2.05, 4.69) is 26.0 Å². The number of nitriles is 1. The van der Waals surface area contributed by atoms with Crippen LogP contribution >= 0.6 is 0 Å². The zero-order valence-corrected chi connectivity index (χ0v) is 10.5. The zero-order chi connectivity index (χ0) is 12.2. The van der Waals surface area contributed by atoms with Gasteiger partial charge in [-0.3, -0.25) is 0 Å². The number of rotatable bonds is 4. The Bertz CT molecular complexity index is 402. The summed E-state index contributed by atoms with van der Waals surface area (Å²) in [5.74, 6) is 0.886. The predicted molar refractivity (Wildman–Crippen MR) is 65.4 cm³/mol. The molecule has 0 aromatic heterocycles. The summed E-state index contributed by atoms with van der Waals surface area (Å²) in [6.07, 6.45) is 0.746. The van der Waals surface area contributed by atoms with Crippen LogP contribution < -0.4 is 4.74 Å². The van der Waals surface area contributed by atoms with Crippen molar-refractivity contribution in [1.29, 1.82) is 5.26 Å². The molecular weight excluding hydrogens is 198 g/mol. The van der Waals surface area contributed by atoms with Gasteiger partial charge in [0, 0.05) is 0 Å². The van der Waals surface area contributed by atoms with Gasteiger partial charge in [0.15, 0.2) is 0 Å². The standard InChI is InChI=1S/C14H19NO/c1-11-5-6-13(9-12(11)2)16-8-7-14(3,4)10-15/h5-6,9H,7-8H2,1-4H3. The first-order chi connectivity index (χ1) is 7.44. The molecule has 0 spiro atoms. The smallest absolute Gasteiger partial charge is 0.119 e. The molecule has 0 heterocycles. The number of hydrogen-bond donors (Lipinski definition) is 0. The fourth-order valence-electron chi connectivity index (χ4n) is 1.28. The number of ether oxygens (including phenoxy) is 1. The Morgan fingerprint density at radius 2 is 1.94 bits per heavy atom. The predicted octanol–water partition coefficient (Wildman–Crippen LogP) is 3.62. The highest BCUT2D eigenvalue weighted by Crippen LogP contribution is 2.21. The largest absolute Gasteiger partial charge is 0.494 e. The molecule has 0 saturated carbocycles. The van der Waals surface area contributed by atoms with Crippen LogP contribution in [0.25, 0.3) is 0 Å². The first-order valence-electron chi connectivity index (χ1n) is 5.56. The van der Waals surface area contributed by atoms with E-state index in [-0.39, 0.29) is 5.41 Å². The third kappa shape index (κ3) is 3.58. The van der Waals surface area contributed by atoms with Gasteiger partial charge in [-0.25, -0.2) is 0 Å². The highest BCUT2D eigenvalue weighted by Gasteiger charge is 2.16. The maximum absolute atomic E-state index is 8.87. The minimum absolute atomic E-state index is 0.306. The molecule has 0 atom stereocenters. The number of nitrogens with zero attached hydrogens (tertiary/aromatic N) is 1. The van der Waals surface area contributed by atoms with Crippen LogP contribution in [0.2, 0.25) is 0 Å². The molecule has 0 saturated heterocycles. The van der Waals surface area contributed by atoms with Crippen molar-refractivity contribution >= 4 is 0 Å². The summed E-state index contributed by atoms with van der Waals surface area (Å²) in [6.45, 7) is 8.59. The van der Waals surface area contributed by atoms with Crippen molar-refractivity contribution in [2.45, 2.75) is 34.1 Å². The van der Waals surface area contributed by atoms with Gasteiger partial charge in [0.1, 0.15) is 5.75 Å². The minimum Gasteiger partial charge on any atom is -0.494 e. The summed E-state index contributed by atoms with van der Waals surface area (Å²) in [5.41, 5.74) is 2.20. The van der Waals surface area contributed by atoms with Crippen molar-refractivity contribution in [2.24, 2.45) is 5.41 Å². The molecule has 1 rings (SSSR count). The molecule has 0 aliphatic carbocycles. The molecule has 1 aromatic rings. The van der Waals surface area contributed by atoms with Gasteiger partial charge in [0.25, 0.3) is 0 Å². The number of aryl methyl sites for hydroxylation is 2. The summed E-state index contributed by atoms with van der Waals surface area (Å²) in [4.78, 5) is 0. The maximum atomic E-state index is 8.87. The van der Waals surface area contributed by atoms with E-state index >= 15 is 0 Å². The lowest BCUT2D eigenvalue weighted by Crippen LogP contribution is -2.13. The third-order valence-electron chi connectivity index (χ3n) is 2.78. The summed E-state index contributed by atoms with van der Waals surface area (Å²) >= 11 is 0. The molecule has 0 unspecified atom stereocenters. The van der Waals surface area contributed by atoms with Crippen LogP contribution in [0.4, 0.5) is 0 Å². The quantitative estimate of drug-likeness (QED) is 0.771. The van der Waals surface area contributed by atoms with E-state index < -0.39 is 0 Å². The second-order valence-corrected chi connectivity index (χ2v) is 4.84. The highest BCUT2D eigenvalue weighted by molar-refractivity contribution is 5.33. The van der Waals surface area contributed by atoms with Crippen molar-refractivity contribution in [3.63, 3.8) is 0 Å². The fourth-order valence-corrected chi connectivity index (χ4v) is 1.28. The Balaban J connectivity index is 2.50. The van der Waals surface area contributed by atoms with Crippen molar-refractivity contribution in [1.82, 2.24) is 0 Å². The Hall–Kier alpha value is -1.49. The zero-order valence-electron chi connectivity index (χ0n) is 10.5. The molecule has 0 fully saturated rings. The average Bonchev–Trinajstić information content (AvgIpc) is 2.23. The van der Waals surface area contributed by atoms with E-state index in [0.29, 0.717) is 6.61 Å². The van der Waals surface area contributed by atoms with Gasteiger partial charge in [-0.05, 0) is 57.4 Å². The Kier molecular flexibility index (Phi) is 3.95. The second-order valence-electron chi connectivity index (χ2n) is 4.84. The van der Waals surface area contributed by atoms with E-state index in [0.717, 1.165) is 12.2 Å². The van der Waals surface area contributed by atoms with Gasteiger partial charge >= 0.3 is 0 Å². The lowest BCUT2D eigenvalue weighted by molar-refractivity contribution is 0.264. The lowest BCUT2D eigenvalue weighted by atomic mass is 9.92. The molecule has 1 aromatic carbocycles. The number of benzene rings is 1. The van der Waals surface area contributed by atoms with Gasteiger partial charge < -0.3 is 4.74 Å². The van der Waals surface area contributed by atoms with Crippen LogP contribution in [0.3, 0.4) is 0 Å². The first-order valence-corrected chi connectivity index (χ1v) is 5.56. The van der Waals surface area contributed by atoms with Gasteiger partial charge in [0.05, 0.1) is 18.1 Å². The lowest BCUT2D eigenvalue weighted by Gasteiger charge is -2.15. The molecule has 0 amide bonds.